The Morgan fingerprint density at radius 2 is 1.96 bits per heavy atom. The third kappa shape index (κ3) is 5.80. The van der Waals surface area contributed by atoms with Crippen molar-refractivity contribution in [3.8, 4) is 0 Å². The van der Waals surface area contributed by atoms with E-state index in [9.17, 15) is 9.90 Å². The van der Waals surface area contributed by atoms with Crippen LogP contribution >= 0.6 is 11.6 Å². The van der Waals surface area contributed by atoms with Gasteiger partial charge in [-0.25, -0.2) is 0 Å². The Morgan fingerprint density at radius 3 is 2.74 bits per heavy atom. The number of aliphatic hydroxyl groups excluding tert-OH is 1. The summed E-state index contributed by atoms with van der Waals surface area (Å²) in [6, 6.07) is 15.5. The standard InChI is InChI=1S/C22H27ClN2O2/c23-20-9-7-17(8-10-20)14-19-5-1-2-6-21(19)22(27)24-11-13-25-12-3-4-18(15-25)16-26/h1-2,5-10,18,26H,3-4,11-16H2,(H,24,27)/t18-/m0/s1. The highest BCUT2D eigenvalue weighted by molar-refractivity contribution is 6.30. The fourth-order valence-electron chi connectivity index (χ4n) is 3.64. The quantitative estimate of drug-likeness (QED) is 0.767. The Morgan fingerprint density at radius 1 is 1.19 bits per heavy atom. The lowest BCUT2D eigenvalue weighted by Crippen LogP contribution is -2.41. The van der Waals surface area contributed by atoms with E-state index in [-0.39, 0.29) is 12.5 Å². The predicted molar refractivity (Wildman–Crippen MR) is 109 cm³/mol. The average molecular weight is 387 g/mol. The summed E-state index contributed by atoms with van der Waals surface area (Å²) in [4.78, 5) is 15.0. The van der Waals surface area contributed by atoms with Crippen LogP contribution in [-0.4, -0.2) is 48.7 Å². The van der Waals surface area contributed by atoms with Gasteiger partial charge in [-0.3, -0.25) is 4.79 Å². The molecular formula is C22H27ClN2O2. The molecule has 5 heteroatoms. The van der Waals surface area contributed by atoms with E-state index in [1.807, 2.05) is 48.5 Å². The molecule has 0 spiro atoms. The fraction of sp³-hybridized carbons (Fsp3) is 0.409. The third-order valence-corrected chi connectivity index (χ3v) is 5.40. The van der Waals surface area contributed by atoms with Crippen LogP contribution in [0.15, 0.2) is 48.5 Å². The maximum absolute atomic E-state index is 12.7. The second-order valence-corrected chi connectivity index (χ2v) is 7.64. The molecule has 1 aliphatic rings. The molecule has 0 unspecified atom stereocenters. The number of carbonyl (C=O) groups is 1. The maximum atomic E-state index is 12.7. The van der Waals surface area contributed by atoms with Gasteiger partial charge < -0.3 is 15.3 Å². The second-order valence-electron chi connectivity index (χ2n) is 7.21. The highest BCUT2D eigenvalue weighted by atomic mass is 35.5. The number of amides is 1. The van der Waals surface area contributed by atoms with Gasteiger partial charge in [0, 0.05) is 36.8 Å². The molecule has 4 nitrogen and oxygen atoms in total. The molecule has 0 aromatic heterocycles. The van der Waals surface area contributed by atoms with E-state index >= 15 is 0 Å². The summed E-state index contributed by atoms with van der Waals surface area (Å²) in [5, 5.41) is 13.1. The number of halogens is 1. The van der Waals surface area contributed by atoms with Gasteiger partial charge in [0.2, 0.25) is 0 Å². The Kier molecular flexibility index (Phi) is 7.27. The number of benzene rings is 2. The minimum Gasteiger partial charge on any atom is -0.396 e. The zero-order valence-electron chi connectivity index (χ0n) is 15.5. The fourth-order valence-corrected chi connectivity index (χ4v) is 3.77. The van der Waals surface area contributed by atoms with Gasteiger partial charge in [0.25, 0.3) is 5.91 Å². The molecule has 144 valence electrons. The first kappa shape index (κ1) is 19.9. The number of hydrogen-bond acceptors (Lipinski definition) is 3. The lowest BCUT2D eigenvalue weighted by Gasteiger charge is -2.31. The van der Waals surface area contributed by atoms with Crippen LogP contribution in [0, 0.1) is 5.92 Å². The number of likely N-dealkylation sites (tertiary alicyclic amines) is 1. The normalized spacial score (nSPS) is 17.6. The number of aliphatic hydroxyl groups is 1. The van der Waals surface area contributed by atoms with Crippen molar-refractivity contribution in [1.82, 2.24) is 10.2 Å². The van der Waals surface area contributed by atoms with Crippen LogP contribution < -0.4 is 5.32 Å². The summed E-state index contributed by atoms with van der Waals surface area (Å²) in [7, 11) is 0. The molecule has 0 aliphatic carbocycles. The maximum Gasteiger partial charge on any atom is 0.251 e. The first-order chi connectivity index (χ1) is 13.2. The molecule has 2 N–H and O–H groups in total. The Labute approximate surface area is 166 Å². The highest BCUT2D eigenvalue weighted by Crippen LogP contribution is 2.17. The van der Waals surface area contributed by atoms with Crippen LogP contribution in [0.4, 0.5) is 0 Å². The summed E-state index contributed by atoms with van der Waals surface area (Å²) < 4.78 is 0. The van der Waals surface area contributed by atoms with E-state index < -0.39 is 0 Å². The Bertz CT molecular complexity index is 748. The highest BCUT2D eigenvalue weighted by Gasteiger charge is 2.19. The summed E-state index contributed by atoms with van der Waals surface area (Å²) in [6.07, 6.45) is 2.91. The van der Waals surface area contributed by atoms with Crippen LogP contribution in [0.2, 0.25) is 5.02 Å². The molecule has 0 saturated carbocycles. The Balaban J connectivity index is 1.56. The molecule has 2 aromatic carbocycles. The molecular weight excluding hydrogens is 360 g/mol. The van der Waals surface area contributed by atoms with Crippen LogP contribution in [0.1, 0.15) is 34.3 Å². The van der Waals surface area contributed by atoms with Crippen LogP contribution in [-0.2, 0) is 6.42 Å². The lowest BCUT2D eigenvalue weighted by molar-refractivity contribution is 0.0930. The molecule has 1 amide bonds. The first-order valence-electron chi connectivity index (χ1n) is 9.59. The van der Waals surface area contributed by atoms with Crippen molar-refractivity contribution < 1.29 is 9.90 Å². The van der Waals surface area contributed by atoms with Gasteiger partial charge >= 0.3 is 0 Å². The van der Waals surface area contributed by atoms with Crippen molar-refractivity contribution in [3.63, 3.8) is 0 Å². The monoisotopic (exact) mass is 386 g/mol. The largest absolute Gasteiger partial charge is 0.396 e. The zero-order chi connectivity index (χ0) is 19.1. The van der Waals surface area contributed by atoms with Crippen molar-refractivity contribution in [2.45, 2.75) is 19.3 Å². The van der Waals surface area contributed by atoms with Crippen molar-refractivity contribution in [3.05, 3.63) is 70.2 Å². The van der Waals surface area contributed by atoms with E-state index in [2.05, 4.69) is 10.2 Å². The SMILES string of the molecule is O=C(NCCN1CCC[C@H](CO)C1)c1ccccc1Cc1ccc(Cl)cc1. The molecule has 1 saturated heterocycles. The first-order valence-corrected chi connectivity index (χ1v) is 9.97. The summed E-state index contributed by atoms with van der Waals surface area (Å²) >= 11 is 5.95. The molecule has 3 rings (SSSR count). The van der Waals surface area contributed by atoms with E-state index in [4.69, 9.17) is 11.6 Å². The molecule has 0 radical (unpaired) electrons. The number of nitrogens with zero attached hydrogens (tertiary/aromatic N) is 1. The number of hydrogen-bond donors (Lipinski definition) is 2. The van der Waals surface area contributed by atoms with Gasteiger partial charge in [-0.15, -0.1) is 0 Å². The third-order valence-electron chi connectivity index (χ3n) is 5.14. The number of rotatable bonds is 7. The molecule has 1 heterocycles. The van der Waals surface area contributed by atoms with Crippen LogP contribution in [0.25, 0.3) is 0 Å². The number of piperidine rings is 1. The molecule has 1 aliphatic heterocycles. The van der Waals surface area contributed by atoms with Crippen LogP contribution in [0.5, 0.6) is 0 Å². The van der Waals surface area contributed by atoms with Crippen molar-refractivity contribution in [2.24, 2.45) is 5.92 Å². The zero-order valence-corrected chi connectivity index (χ0v) is 16.3. The number of nitrogens with one attached hydrogen (secondary N) is 1. The van der Waals surface area contributed by atoms with Gasteiger partial charge in [-0.1, -0.05) is 41.9 Å². The molecule has 27 heavy (non-hydrogen) atoms. The van der Waals surface area contributed by atoms with E-state index in [0.717, 1.165) is 49.2 Å². The lowest BCUT2D eigenvalue weighted by atomic mass is 9.99. The second kappa shape index (κ2) is 9.88. The summed E-state index contributed by atoms with van der Waals surface area (Å²) in [5.41, 5.74) is 2.86. The van der Waals surface area contributed by atoms with E-state index in [0.29, 0.717) is 23.9 Å². The van der Waals surface area contributed by atoms with Gasteiger partial charge in [-0.05, 0) is 61.1 Å². The van der Waals surface area contributed by atoms with Crippen LogP contribution in [0.3, 0.4) is 0 Å². The molecule has 0 bridgehead atoms. The van der Waals surface area contributed by atoms with Crippen molar-refractivity contribution in [2.75, 3.05) is 32.8 Å². The minimum absolute atomic E-state index is 0.0321. The van der Waals surface area contributed by atoms with Gasteiger partial charge in [0.1, 0.15) is 0 Å². The van der Waals surface area contributed by atoms with Crippen molar-refractivity contribution in [1.29, 1.82) is 0 Å². The van der Waals surface area contributed by atoms with E-state index in [1.54, 1.807) is 0 Å². The number of carbonyl (C=O) groups excluding carboxylic acids is 1. The predicted octanol–water partition coefficient (Wildman–Crippen LogP) is 3.36. The van der Waals surface area contributed by atoms with E-state index in [1.165, 1.54) is 0 Å². The summed E-state index contributed by atoms with van der Waals surface area (Å²) in [5.74, 6) is 0.338. The molecule has 2 aromatic rings. The average Bonchev–Trinajstić information content (AvgIpc) is 2.70. The van der Waals surface area contributed by atoms with Gasteiger partial charge in [0.05, 0.1) is 0 Å². The topological polar surface area (TPSA) is 52.6 Å². The summed E-state index contributed by atoms with van der Waals surface area (Å²) in [6.45, 7) is 3.65. The minimum atomic E-state index is -0.0321. The molecule has 1 atom stereocenters. The van der Waals surface area contributed by atoms with Crippen molar-refractivity contribution >= 4 is 17.5 Å². The smallest absolute Gasteiger partial charge is 0.251 e. The van der Waals surface area contributed by atoms with Gasteiger partial charge in [0.15, 0.2) is 0 Å². The van der Waals surface area contributed by atoms with Gasteiger partial charge in [-0.2, -0.15) is 0 Å². The Hall–Kier alpha value is -1.88. The molecule has 1 fully saturated rings.